The smallest absolute Gasteiger partial charge is 0.215 e. The fourth-order valence-electron chi connectivity index (χ4n) is 2.90. The van der Waals surface area contributed by atoms with E-state index in [1.807, 2.05) is 48.9 Å². The summed E-state index contributed by atoms with van der Waals surface area (Å²) in [7, 11) is -3.46. The summed E-state index contributed by atoms with van der Waals surface area (Å²) in [5.74, 6) is -0.544. The van der Waals surface area contributed by atoms with Gasteiger partial charge in [0, 0.05) is 12.2 Å². The van der Waals surface area contributed by atoms with Gasteiger partial charge < -0.3 is 0 Å². The molecule has 0 saturated heterocycles. The Hall–Kier alpha value is -2.51. The van der Waals surface area contributed by atoms with E-state index in [1.54, 1.807) is 0 Å². The Bertz CT molecular complexity index is 1010. The Balaban J connectivity index is 1.55. The lowest BCUT2D eigenvalue weighted by atomic mass is 10.1. The summed E-state index contributed by atoms with van der Waals surface area (Å²) < 4.78 is 41.6. The summed E-state index contributed by atoms with van der Waals surface area (Å²) in [5.41, 5.74) is 4.59. The molecular weight excluding hydrogens is 365 g/mol. The normalized spacial score (nSPS) is 11.7. The molecule has 5 nitrogen and oxygen atoms in total. The molecule has 0 radical (unpaired) electrons. The minimum Gasteiger partial charge on any atom is -0.238 e. The summed E-state index contributed by atoms with van der Waals surface area (Å²) in [5, 5.41) is 4.45. The van der Waals surface area contributed by atoms with Gasteiger partial charge in [-0.3, -0.25) is 0 Å². The summed E-state index contributed by atoms with van der Waals surface area (Å²) in [6.45, 7) is 4.27. The van der Waals surface area contributed by atoms with Gasteiger partial charge in [-0.2, -0.15) is 5.10 Å². The number of nitrogens with zero attached hydrogens (tertiary/aromatic N) is 2. The fraction of sp³-hybridized carbons (Fsp3) is 0.250. The zero-order valence-electron chi connectivity index (χ0n) is 15.3. The van der Waals surface area contributed by atoms with Crippen LogP contribution in [0.25, 0.3) is 5.69 Å². The van der Waals surface area contributed by atoms with Gasteiger partial charge in [0.25, 0.3) is 0 Å². The van der Waals surface area contributed by atoms with Gasteiger partial charge in [0.15, 0.2) is 0 Å². The third-order valence-corrected chi connectivity index (χ3v) is 5.55. The van der Waals surface area contributed by atoms with Gasteiger partial charge >= 0.3 is 0 Å². The molecular formula is C20H22FN3O2S. The van der Waals surface area contributed by atoms with Crippen molar-refractivity contribution in [2.24, 2.45) is 0 Å². The van der Waals surface area contributed by atoms with Crippen LogP contribution in [0.1, 0.15) is 22.5 Å². The lowest BCUT2D eigenvalue weighted by Crippen LogP contribution is -2.27. The molecule has 0 aliphatic heterocycles. The molecule has 3 aromatic rings. The Morgan fingerprint density at radius 1 is 1.00 bits per heavy atom. The van der Waals surface area contributed by atoms with Gasteiger partial charge in [-0.15, -0.1) is 0 Å². The van der Waals surface area contributed by atoms with Crippen LogP contribution in [-0.2, 0) is 22.2 Å². The number of aromatic nitrogens is 2. The second-order valence-corrected chi connectivity index (χ2v) is 8.34. The Kier molecular flexibility index (Phi) is 5.72. The van der Waals surface area contributed by atoms with E-state index < -0.39 is 10.0 Å². The highest BCUT2D eigenvalue weighted by Crippen LogP contribution is 2.13. The van der Waals surface area contributed by atoms with E-state index in [0.29, 0.717) is 18.5 Å². The monoisotopic (exact) mass is 387 g/mol. The number of rotatable bonds is 7. The molecule has 0 aliphatic rings. The minimum absolute atomic E-state index is 0.163. The van der Waals surface area contributed by atoms with Crippen molar-refractivity contribution >= 4 is 10.0 Å². The van der Waals surface area contributed by atoms with Crippen molar-refractivity contribution < 1.29 is 12.8 Å². The van der Waals surface area contributed by atoms with Crippen molar-refractivity contribution in [1.29, 1.82) is 0 Å². The van der Waals surface area contributed by atoms with E-state index >= 15 is 0 Å². The fourth-order valence-corrected chi connectivity index (χ4v) is 4.04. The largest absolute Gasteiger partial charge is 0.238 e. The lowest BCUT2D eigenvalue weighted by Gasteiger charge is -2.08. The number of halogens is 1. The zero-order chi connectivity index (χ0) is 19.4. The van der Waals surface area contributed by atoms with Gasteiger partial charge in [-0.25, -0.2) is 22.2 Å². The van der Waals surface area contributed by atoms with Crippen molar-refractivity contribution in [1.82, 2.24) is 14.5 Å². The van der Waals surface area contributed by atoms with E-state index in [2.05, 4.69) is 9.82 Å². The quantitative estimate of drug-likeness (QED) is 0.677. The molecule has 1 heterocycles. The zero-order valence-corrected chi connectivity index (χ0v) is 16.1. The molecule has 0 amide bonds. The summed E-state index contributed by atoms with van der Waals surface area (Å²) in [6, 6.07) is 15.4. The Morgan fingerprint density at radius 2 is 1.63 bits per heavy atom. The number of hydrogen-bond donors (Lipinski definition) is 1. The maximum absolute atomic E-state index is 12.9. The molecule has 2 aromatic carbocycles. The summed E-state index contributed by atoms with van der Waals surface area (Å²) in [6.07, 6.45) is 0.583. The third kappa shape index (κ3) is 5.24. The van der Waals surface area contributed by atoms with Crippen LogP contribution >= 0.6 is 0 Å². The van der Waals surface area contributed by atoms with Gasteiger partial charge in [0.2, 0.25) is 10.0 Å². The highest BCUT2D eigenvalue weighted by Gasteiger charge is 2.11. The second kappa shape index (κ2) is 8.02. The minimum atomic E-state index is -3.46. The first-order chi connectivity index (χ1) is 12.8. The Labute approximate surface area is 158 Å². The van der Waals surface area contributed by atoms with Gasteiger partial charge in [0.05, 0.1) is 17.1 Å². The topological polar surface area (TPSA) is 64.0 Å². The molecule has 0 saturated carbocycles. The van der Waals surface area contributed by atoms with Crippen molar-refractivity contribution in [2.45, 2.75) is 26.0 Å². The molecule has 0 bridgehead atoms. The van der Waals surface area contributed by atoms with Gasteiger partial charge in [-0.05, 0) is 61.7 Å². The third-order valence-electron chi connectivity index (χ3n) is 4.20. The second-order valence-electron chi connectivity index (χ2n) is 6.54. The highest BCUT2D eigenvalue weighted by atomic mass is 32.2. The van der Waals surface area contributed by atoms with E-state index in [4.69, 9.17) is 0 Å². The van der Waals surface area contributed by atoms with Crippen LogP contribution in [0, 0.1) is 19.7 Å². The SMILES string of the molecule is Cc1cc(C)n(-c2ccc(CCNS(=O)(=O)Cc3ccc(F)cc3)cc2)n1. The molecule has 142 valence electrons. The highest BCUT2D eigenvalue weighted by molar-refractivity contribution is 7.88. The average molecular weight is 387 g/mol. The van der Waals surface area contributed by atoms with Crippen molar-refractivity contribution in [3.63, 3.8) is 0 Å². The van der Waals surface area contributed by atoms with Crippen LogP contribution in [0.15, 0.2) is 54.6 Å². The first kappa shape index (κ1) is 19.3. The standard InChI is InChI=1S/C20H22FN3O2S/c1-15-13-16(2)24(23-15)20-9-5-17(6-10-20)11-12-22-27(25,26)14-18-3-7-19(21)8-4-18/h3-10,13,22H,11-12,14H2,1-2H3. The molecule has 0 spiro atoms. The predicted molar refractivity (Wildman–Crippen MR) is 104 cm³/mol. The average Bonchev–Trinajstić information content (AvgIpc) is 2.95. The number of aryl methyl sites for hydroxylation is 2. The molecule has 3 rings (SSSR count). The van der Waals surface area contributed by atoms with Crippen molar-refractivity contribution in [2.75, 3.05) is 6.54 Å². The van der Waals surface area contributed by atoms with Crippen LogP contribution in [-0.4, -0.2) is 24.7 Å². The number of sulfonamides is 1. The number of nitrogens with one attached hydrogen (secondary N) is 1. The maximum atomic E-state index is 12.9. The van der Waals surface area contributed by atoms with Crippen LogP contribution in [0.5, 0.6) is 0 Å². The Morgan fingerprint density at radius 3 is 2.22 bits per heavy atom. The predicted octanol–water partition coefficient (Wildman–Crippen LogP) is 3.29. The molecule has 0 atom stereocenters. The van der Waals surface area contributed by atoms with E-state index in [1.165, 1.54) is 24.3 Å². The molecule has 7 heteroatoms. The lowest BCUT2D eigenvalue weighted by molar-refractivity contribution is 0.580. The van der Waals surface area contributed by atoms with Gasteiger partial charge in [-0.1, -0.05) is 24.3 Å². The molecule has 1 N–H and O–H groups in total. The van der Waals surface area contributed by atoms with Crippen molar-refractivity contribution in [3.05, 3.63) is 82.9 Å². The van der Waals surface area contributed by atoms with Crippen LogP contribution in [0.2, 0.25) is 0 Å². The molecule has 0 aliphatic carbocycles. The van der Waals surface area contributed by atoms with Crippen LogP contribution < -0.4 is 4.72 Å². The van der Waals surface area contributed by atoms with E-state index in [9.17, 15) is 12.8 Å². The van der Waals surface area contributed by atoms with E-state index in [-0.39, 0.29) is 11.6 Å². The summed E-state index contributed by atoms with van der Waals surface area (Å²) >= 11 is 0. The molecule has 0 unspecified atom stereocenters. The first-order valence-electron chi connectivity index (χ1n) is 8.67. The van der Waals surface area contributed by atoms with E-state index in [0.717, 1.165) is 22.6 Å². The number of benzene rings is 2. The van der Waals surface area contributed by atoms with Crippen LogP contribution in [0.3, 0.4) is 0 Å². The maximum Gasteiger partial charge on any atom is 0.215 e. The molecule has 1 aromatic heterocycles. The van der Waals surface area contributed by atoms with Crippen molar-refractivity contribution in [3.8, 4) is 5.69 Å². The van der Waals surface area contributed by atoms with Crippen LogP contribution in [0.4, 0.5) is 4.39 Å². The number of hydrogen-bond acceptors (Lipinski definition) is 3. The molecule has 27 heavy (non-hydrogen) atoms. The molecule has 0 fully saturated rings. The van der Waals surface area contributed by atoms with Gasteiger partial charge in [0.1, 0.15) is 5.82 Å². The first-order valence-corrected chi connectivity index (χ1v) is 10.3. The summed E-state index contributed by atoms with van der Waals surface area (Å²) in [4.78, 5) is 0.